The summed E-state index contributed by atoms with van der Waals surface area (Å²) >= 11 is 0. The Hall–Kier alpha value is -2.64. The Morgan fingerprint density at radius 1 is 0.769 bits per heavy atom. The van der Waals surface area contributed by atoms with E-state index in [1.807, 2.05) is 30.3 Å². The molecule has 0 saturated carbocycles. The van der Waals surface area contributed by atoms with Crippen molar-refractivity contribution < 1.29 is 21.6 Å². The Balaban J connectivity index is 1.76. The second kappa shape index (κ2) is 7.31. The van der Waals surface area contributed by atoms with Gasteiger partial charge in [0.15, 0.2) is 17.5 Å². The Labute approximate surface area is 149 Å². The molecule has 0 aliphatic carbocycles. The average Bonchev–Trinajstić information content (AvgIpc) is 2.65. The minimum Gasteiger partial charge on any atom is -0.207 e. The maximum atomic E-state index is 13.2. The third-order valence-electron chi connectivity index (χ3n) is 3.78. The minimum absolute atomic E-state index is 0.0141. The fourth-order valence-corrected chi connectivity index (χ4v) is 3.45. The summed E-state index contributed by atoms with van der Waals surface area (Å²) < 4.78 is 66.2. The van der Waals surface area contributed by atoms with Crippen LogP contribution in [0.25, 0.3) is 11.1 Å². The van der Waals surface area contributed by atoms with Gasteiger partial charge in [0, 0.05) is 6.54 Å². The summed E-state index contributed by atoms with van der Waals surface area (Å²) in [6.45, 7) is -0.364. The highest BCUT2D eigenvalue weighted by atomic mass is 32.2. The fraction of sp³-hybridized carbons (Fsp3) is 0.0526. The first-order valence-corrected chi connectivity index (χ1v) is 9.14. The molecule has 0 unspecified atom stereocenters. The maximum Gasteiger partial charge on any atom is 0.240 e. The standard InChI is InChI=1S/C19H14F3NO2S/c20-17-10-13(11-18(21)19(17)22)12-23-26(24,25)16-8-6-15(7-9-16)14-4-2-1-3-5-14/h1-11,23H,12H2. The smallest absolute Gasteiger partial charge is 0.207 e. The monoisotopic (exact) mass is 377 g/mol. The predicted molar refractivity (Wildman–Crippen MR) is 92.2 cm³/mol. The van der Waals surface area contributed by atoms with Crippen molar-refractivity contribution in [1.82, 2.24) is 4.72 Å². The van der Waals surface area contributed by atoms with Gasteiger partial charge in [-0.1, -0.05) is 42.5 Å². The Morgan fingerprint density at radius 3 is 1.88 bits per heavy atom. The Kier molecular flexibility index (Phi) is 5.11. The van der Waals surface area contributed by atoms with Gasteiger partial charge < -0.3 is 0 Å². The second-order valence-electron chi connectivity index (χ2n) is 5.59. The number of sulfonamides is 1. The van der Waals surface area contributed by atoms with Crippen LogP contribution in [0.2, 0.25) is 0 Å². The molecule has 26 heavy (non-hydrogen) atoms. The van der Waals surface area contributed by atoms with Crippen molar-refractivity contribution in [3.05, 3.63) is 89.7 Å². The van der Waals surface area contributed by atoms with Gasteiger partial charge in [-0.2, -0.15) is 0 Å². The third kappa shape index (κ3) is 3.95. The van der Waals surface area contributed by atoms with Crippen molar-refractivity contribution in [3.63, 3.8) is 0 Å². The molecule has 0 aliphatic rings. The van der Waals surface area contributed by atoms with Crippen LogP contribution in [0, 0.1) is 17.5 Å². The van der Waals surface area contributed by atoms with Crippen LogP contribution < -0.4 is 4.72 Å². The lowest BCUT2D eigenvalue weighted by atomic mass is 10.1. The summed E-state index contributed by atoms with van der Waals surface area (Å²) in [5, 5.41) is 0. The highest BCUT2D eigenvalue weighted by Crippen LogP contribution is 2.21. The quantitative estimate of drug-likeness (QED) is 0.676. The Morgan fingerprint density at radius 2 is 1.31 bits per heavy atom. The lowest BCUT2D eigenvalue weighted by Crippen LogP contribution is -2.23. The van der Waals surface area contributed by atoms with Crippen LogP contribution >= 0.6 is 0 Å². The van der Waals surface area contributed by atoms with Crippen LogP contribution in [0.1, 0.15) is 5.56 Å². The summed E-state index contributed by atoms with van der Waals surface area (Å²) in [5.74, 6) is -4.33. The molecule has 0 saturated heterocycles. The molecule has 134 valence electrons. The molecule has 1 N–H and O–H groups in total. The van der Waals surface area contributed by atoms with Gasteiger partial charge in [-0.05, 0) is 41.0 Å². The molecule has 0 aromatic heterocycles. The van der Waals surface area contributed by atoms with Crippen molar-refractivity contribution in [1.29, 1.82) is 0 Å². The SMILES string of the molecule is O=S(=O)(NCc1cc(F)c(F)c(F)c1)c1ccc(-c2ccccc2)cc1. The van der Waals surface area contributed by atoms with Gasteiger partial charge in [-0.3, -0.25) is 0 Å². The van der Waals surface area contributed by atoms with Gasteiger partial charge in [0.2, 0.25) is 10.0 Å². The van der Waals surface area contributed by atoms with Crippen LogP contribution in [0.3, 0.4) is 0 Å². The molecule has 0 heterocycles. The molecule has 0 bridgehead atoms. The van der Waals surface area contributed by atoms with E-state index >= 15 is 0 Å². The summed E-state index contributed by atoms with van der Waals surface area (Å²) in [4.78, 5) is 0.0141. The first-order valence-electron chi connectivity index (χ1n) is 7.65. The van der Waals surface area contributed by atoms with Crippen molar-refractivity contribution in [2.75, 3.05) is 0 Å². The zero-order chi connectivity index (χ0) is 18.7. The summed E-state index contributed by atoms with van der Waals surface area (Å²) in [5.41, 5.74) is 1.78. The molecule has 0 spiro atoms. The first-order chi connectivity index (χ1) is 12.4. The summed E-state index contributed by atoms with van der Waals surface area (Å²) in [6, 6.07) is 17.2. The van der Waals surface area contributed by atoms with E-state index in [0.717, 1.165) is 23.3 Å². The van der Waals surface area contributed by atoms with Crippen LogP contribution in [-0.4, -0.2) is 8.42 Å². The zero-order valence-corrected chi connectivity index (χ0v) is 14.2. The molecular weight excluding hydrogens is 363 g/mol. The lowest BCUT2D eigenvalue weighted by Gasteiger charge is -2.09. The molecule has 3 rings (SSSR count). The van der Waals surface area contributed by atoms with Crippen molar-refractivity contribution in [3.8, 4) is 11.1 Å². The number of hydrogen-bond acceptors (Lipinski definition) is 2. The van der Waals surface area contributed by atoms with Gasteiger partial charge in [-0.15, -0.1) is 0 Å². The number of hydrogen-bond donors (Lipinski definition) is 1. The topological polar surface area (TPSA) is 46.2 Å². The molecule has 0 fully saturated rings. The van der Waals surface area contributed by atoms with Crippen LogP contribution in [0.5, 0.6) is 0 Å². The zero-order valence-electron chi connectivity index (χ0n) is 13.4. The fourth-order valence-electron chi connectivity index (χ4n) is 2.43. The minimum atomic E-state index is -3.88. The van der Waals surface area contributed by atoms with E-state index in [2.05, 4.69) is 4.72 Å². The highest BCUT2D eigenvalue weighted by molar-refractivity contribution is 7.89. The van der Waals surface area contributed by atoms with Crippen molar-refractivity contribution >= 4 is 10.0 Å². The third-order valence-corrected chi connectivity index (χ3v) is 5.20. The molecular formula is C19H14F3NO2S. The van der Waals surface area contributed by atoms with Crippen molar-refractivity contribution in [2.24, 2.45) is 0 Å². The van der Waals surface area contributed by atoms with E-state index in [1.54, 1.807) is 12.1 Å². The van der Waals surface area contributed by atoms with Gasteiger partial charge in [0.05, 0.1) is 4.90 Å². The van der Waals surface area contributed by atoms with Crippen LogP contribution in [0.15, 0.2) is 71.6 Å². The lowest BCUT2D eigenvalue weighted by molar-refractivity contribution is 0.445. The van der Waals surface area contributed by atoms with E-state index in [0.29, 0.717) is 0 Å². The highest BCUT2D eigenvalue weighted by Gasteiger charge is 2.16. The van der Waals surface area contributed by atoms with Gasteiger partial charge in [0.1, 0.15) is 0 Å². The summed E-state index contributed by atoms with van der Waals surface area (Å²) in [6.07, 6.45) is 0. The van der Waals surface area contributed by atoms with Crippen LogP contribution in [-0.2, 0) is 16.6 Å². The van der Waals surface area contributed by atoms with E-state index in [9.17, 15) is 21.6 Å². The number of benzene rings is 3. The van der Waals surface area contributed by atoms with Gasteiger partial charge in [-0.25, -0.2) is 26.3 Å². The number of nitrogens with one attached hydrogen (secondary N) is 1. The molecule has 7 heteroatoms. The number of rotatable bonds is 5. The van der Waals surface area contributed by atoms with Gasteiger partial charge >= 0.3 is 0 Å². The summed E-state index contributed by atoms with van der Waals surface area (Å²) in [7, 11) is -3.88. The number of halogens is 3. The largest absolute Gasteiger partial charge is 0.240 e. The Bertz CT molecular complexity index is 997. The predicted octanol–water partition coefficient (Wildman–Crippen LogP) is 4.25. The van der Waals surface area contributed by atoms with E-state index in [4.69, 9.17) is 0 Å². The maximum absolute atomic E-state index is 13.2. The van der Waals surface area contributed by atoms with E-state index in [1.165, 1.54) is 12.1 Å². The normalized spacial score (nSPS) is 11.5. The molecule has 0 aliphatic heterocycles. The van der Waals surface area contributed by atoms with Gasteiger partial charge in [0.25, 0.3) is 0 Å². The molecule has 0 atom stereocenters. The molecule has 0 amide bonds. The molecule has 3 aromatic carbocycles. The average molecular weight is 377 g/mol. The molecule has 3 aromatic rings. The van der Waals surface area contributed by atoms with Crippen molar-refractivity contribution in [2.45, 2.75) is 11.4 Å². The van der Waals surface area contributed by atoms with Crippen LogP contribution in [0.4, 0.5) is 13.2 Å². The van der Waals surface area contributed by atoms with E-state index < -0.39 is 27.5 Å². The first kappa shape index (κ1) is 18.2. The second-order valence-corrected chi connectivity index (χ2v) is 7.36. The molecule has 0 radical (unpaired) electrons. The molecule has 3 nitrogen and oxygen atoms in total. The van der Waals surface area contributed by atoms with E-state index in [-0.39, 0.29) is 17.0 Å².